The number of para-hydroxylation sites is 1. The highest BCUT2D eigenvalue weighted by Gasteiger charge is 2.30. The standard InChI is InChI=1S/C23H29N5O3/c29-21-11-13-24-12-4-5-14-31-20-16-28(18-8-2-1-3-9-18)27-22(20)23(30)26-19-10-6-7-17(19)15-25-21/h1-5,8-9,16-17,19,24H,6-7,10-15H2,(H,25,29)(H,26,30)/b5-4+. The molecule has 2 heterocycles. The number of nitrogens with one attached hydrogen (secondary N) is 3. The SMILES string of the molecule is O=C1CCNC/C=C/COc2cn(-c3ccccc3)nc2C(=O)NC2CCCC2CN1. The van der Waals surface area contributed by atoms with Gasteiger partial charge >= 0.3 is 0 Å². The first-order valence-corrected chi connectivity index (χ1v) is 10.9. The van der Waals surface area contributed by atoms with Gasteiger partial charge in [0.15, 0.2) is 11.4 Å². The zero-order chi connectivity index (χ0) is 21.5. The van der Waals surface area contributed by atoms with Crippen molar-refractivity contribution in [3.05, 3.63) is 54.4 Å². The Morgan fingerprint density at radius 1 is 1.10 bits per heavy atom. The number of hydrogen-bond acceptors (Lipinski definition) is 5. The van der Waals surface area contributed by atoms with Gasteiger partial charge in [-0.3, -0.25) is 9.59 Å². The predicted molar refractivity (Wildman–Crippen MR) is 117 cm³/mol. The molecule has 2 unspecified atom stereocenters. The third-order valence-corrected chi connectivity index (χ3v) is 5.75. The number of nitrogens with zero attached hydrogens (tertiary/aromatic N) is 2. The van der Waals surface area contributed by atoms with Crippen molar-refractivity contribution < 1.29 is 14.3 Å². The van der Waals surface area contributed by atoms with E-state index in [0.29, 0.717) is 38.4 Å². The third kappa shape index (κ3) is 5.52. The second kappa shape index (κ2) is 10.3. The molecule has 1 aromatic carbocycles. The molecule has 2 aromatic rings. The van der Waals surface area contributed by atoms with Crippen molar-refractivity contribution in [1.82, 2.24) is 25.7 Å². The summed E-state index contributed by atoms with van der Waals surface area (Å²) < 4.78 is 7.56. The Morgan fingerprint density at radius 2 is 1.97 bits per heavy atom. The molecule has 0 bridgehead atoms. The maximum absolute atomic E-state index is 13.1. The first kappa shape index (κ1) is 21.1. The van der Waals surface area contributed by atoms with Crippen LogP contribution < -0.4 is 20.7 Å². The molecular weight excluding hydrogens is 394 g/mol. The van der Waals surface area contributed by atoms with Gasteiger partial charge in [-0.25, -0.2) is 4.68 Å². The Morgan fingerprint density at radius 3 is 2.84 bits per heavy atom. The van der Waals surface area contributed by atoms with Gasteiger partial charge in [0.2, 0.25) is 5.91 Å². The lowest BCUT2D eigenvalue weighted by molar-refractivity contribution is -0.121. The molecule has 0 saturated heterocycles. The molecule has 1 saturated carbocycles. The topological polar surface area (TPSA) is 97.3 Å². The monoisotopic (exact) mass is 423 g/mol. The van der Waals surface area contributed by atoms with Crippen LogP contribution in [0.3, 0.4) is 0 Å². The van der Waals surface area contributed by atoms with Gasteiger partial charge in [-0.15, -0.1) is 0 Å². The Kier molecular flexibility index (Phi) is 6.99. The minimum absolute atomic E-state index is 0.0104. The lowest BCUT2D eigenvalue weighted by atomic mass is 10.0. The second-order valence-electron chi connectivity index (χ2n) is 7.93. The fourth-order valence-corrected chi connectivity index (χ4v) is 4.05. The maximum atomic E-state index is 13.1. The lowest BCUT2D eigenvalue weighted by Crippen LogP contribution is -2.42. The maximum Gasteiger partial charge on any atom is 0.275 e. The minimum atomic E-state index is -0.247. The Balaban J connectivity index is 1.57. The van der Waals surface area contributed by atoms with Gasteiger partial charge < -0.3 is 20.7 Å². The molecule has 31 heavy (non-hydrogen) atoms. The summed E-state index contributed by atoms with van der Waals surface area (Å²) in [6.07, 6.45) is 8.92. The van der Waals surface area contributed by atoms with Crippen LogP contribution in [0.5, 0.6) is 5.75 Å². The van der Waals surface area contributed by atoms with E-state index in [1.54, 1.807) is 10.9 Å². The van der Waals surface area contributed by atoms with Crippen LogP contribution in [0.4, 0.5) is 0 Å². The molecule has 1 aliphatic carbocycles. The number of benzene rings is 1. The van der Waals surface area contributed by atoms with Crippen molar-refractivity contribution in [3.63, 3.8) is 0 Å². The number of ether oxygens (including phenoxy) is 1. The van der Waals surface area contributed by atoms with Crippen molar-refractivity contribution in [2.24, 2.45) is 5.92 Å². The average Bonchev–Trinajstić information content (AvgIpc) is 3.41. The third-order valence-electron chi connectivity index (χ3n) is 5.75. The molecule has 2 atom stereocenters. The quantitative estimate of drug-likeness (QED) is 0.608. The van der Waals surface area contributed by atoms with Crippen molar-refractivity contribution in [2.75, 3.05) is 26.2 Å². The summed E-state index contributed by atoms with van der Waals surface area (Å²) in [4.78, 5) is 25.2. The second-order valence-corrected chi connectivity index (χ2v) is 7.93. The smallest absolute Gasteiger partial charge is 0.275 e. The van der Waals surface area contributed by atoms with Gasteiger partial charge in [0, 0.05) is 32.1 Å². The summed E-state index contributed by atoms with van der Waals surface area (Å²) in [7, 11) is 0. The zero-order valence-corrected chi connectivity index (χ0v) is 17.5. The molecule has 8 nitrogen and oxygen atoms in total. The largest absolute Gasteiger partial charge is 0.485 e. The van der Waals surface area contributed by atoms with Gasteiger partial charge in [0.05, 0.1) is 11.9 Å². The molecule has 1 aromatic heterocycles. The summed E-state index contributed by atoms with van der Waals surface area (Å²) in [6.45, 7) is 2.17. The highest BCUT2D eigenvalue weighted by molar-refractivity contribution is 5.95. The summed E-state index contributed by atoms with van der Waals surface area (Å²) >= 11 is 0. The van der Waals surface area contributed by atoms with Gasteiger partial charge in [-0.2, -0.15) is 5.10 Å². The Labute approximate surface area is 182 Å². The van der Waals surface area contributed by atoms with E-state index in [4.69, 9.17) is 4.74 Å². The van der Waals surface area contributed by atoms with E-state index in [1.807, 2.05) is 42.5 Å². The number of aromatic nitrogens is 2. The Bertz CT molecular complexity index is 925. The fourth-order valence-electron chi connectivity index (χ4n) is 4.05. The van der Waals surface area contributed by atoms with Crippen LogP contribution in [0.1, 0.15) is 36.2 Å². The highest BCUT2D eigenvalue weighted by atomic mass is 16.5. The highest BCUT2D eigenvalue weighted by Crippen LogP contribution is 2.27. The van der Waals surface area contributed by atoms with E-state index in [2.05, 4.69) is 21.0 Å². The number of carbonyl (C=O) groups is 2. The van der Waals surface area contributed by atoms with E-state index in [0.717, 1.165) is 24.9 Å². The van der Waals surface area contributed by atoms with Crippen LogP contribution in [0, 0.1) is 5.92 Å². The molecule has 8 heteroatoms. The summed E-state index contributed by atoms with van der Waals surface area (Å²) in [5.41, 5.74) is 1.13. The lowest BCUT2D eigenvalue weighted by Gasteiger charge is -2.21. The van der Waals surface area contributed by atoms with E-state index in [-0.39, 0.29) is 29.5 Å². The zero-order valence-electron chi connectivity index (χ0n) is 17.5. The molecule has 1 aliphatic heterocycles. The van der Waals surface area contributed by atoms with Crippen molar-refractivity contribution >= 4 is 11.8 Å². The molecule has 1 fully saturated rings. The molecule has 2 aliphatic rings. The van der Waals surface area contributed by atoms with Crippen molar-refractivity contribution in [2.45, 2.75) is 31.7 Å². The number of hydrogen-bond donors (Lipinski definition) is 3. The fraction of sp³-hybridized carbons (Fsp3) is 0.435. The summed E-state index contributed by atoms with van der Waals surface area (Å²) in [6, 6.07) is 9.65. The van der Waals surface area contributed by atoms with E-state index in [1.165, 1.54) is 0 Å². The van der Waals surface area contributed by atoms with Crippen LogP contribution in [-0.4, -0.2) is 53.9 Å². The first-order chi connectivity index (χ1) is 15.2. The van der Waals surface area contributed by atoms with Crippen LogP contribution in [0.25, 0.3) is 5.69 Å². The molecule has 0 spiro atoms. The molecule has 3 N–H and O–H groups in total. The van der Waals surface area contributed by atoms with Crippen molar-refractivity contribution in [1.29, 1.82) is 0 Å². The van der Waals surface area contributed by atoms with Crippen LogP contribution >= 0.6 is 0 Å². The van der Waals surface area contributed by atoms with Crippen LogP contribution in [0.2, 0.25) is 0 Å². The molecule has 2 amide bonds. The summed E-state index contributed by atoms with van der Waals surface area (Å²) in [5, 5.41) is 13.9. The van der Waals surface area contributed by atoms with Crippen molar-refractivity contribution in [3.8, 4) is 11.4 Å². The van der Waals surface area contributed by atoms with Gasteiger partial charge in [-0.1, -0.05) is 36.8 Å². The van der Waals surface area contributed by atoms with E-state index >= 15 is 0 Å². The number of fused-ring (bicyclic) bond motifs is 2. The number of amides is 2. The molecule has 164 valence electrons. The van der Waals surface area contributed by atoms with Crippen LogP contribution in [0.15, 0.2) is 48.7 Å². The van der Waals surface area contributed by atoms with Gasteiger partial charge in [-0.05, 0) is 30.9 Å². The molecule has 0 radical (unpaired) electrons. The van der Waals surface area contributed by atoms with Gasteiger partial charge in [0.25, 0.3) is 5.91 Å². The van der Waals surface area contributed by atoms with E-state index < -0.39 is 0 Å². The first-order valence-electron chi connectivity index (χ1n) is 10.9. The van der Waals surface area contributed by atoms with Gasteiger partial charge in [0.1, 0.15) is 6.61 Å². The van der Waals surface area contributed by atoms with Crippen LogP contribution in [-0.2, 0) is 4.79 Å². The average molecular weight is 424 g/mol. The molecule has 4 rings (SSSR count). The Hall–Kier alpha value is -3.13. The molecular formula is C23H29N5O3. The minimum Gasteiger partial charge on any atom is -0.485 e. The summed E-state index contributed by atoms with van der Waals surface area (Å²) in [5.74, 6) is 0.456. The van der Waals surface area contributed by atoms with E-state index in [9.17, 15) is 9.59 Å². The number of rotatable bonds is 1. The number of carbonyl (C=O) groups excluding carboxylic acids is 2. The normalized spacial score (nSPS) is 24.1. The predicted octanol–water partition coefficient (Wildman–Crippen LogP) is 1.82.